The monoisotopic (exact) mass is 258 g/mol. The zero-order valence-corrected chi connectivity index (χ0v) is 10.4. The molecule has 0 heterocycles. The zero-order valence-electron chi connectivity index (χ0n) is 10.4. The fourth-order valence-electron chi connectivity index (χ4n) is 1.77. The minimum atomic E-state index is -1.30. The van der Waals surface area contributed by atoms with E-state index < -0.39 is 17.8 Å². The van der Waals surface area contributed by atoms with Crippen LogP contribution in [0.25, 0.3) is 0 Å². The first-order valence-corrected chi connectivity index (χ1v) is 5.86. The van der Waals surface area contributed by atoms with Crippen molar-refractivity contribution >= 4 is 11.7 Å². The molecule has 0 fully saturated rings. The number of hydrogen-bond acceptors (Lipinski definition) is 3. The number of carbonyl (C=O) groups is 1. The van der Waals surface area contributed by atoms with Crippen molar-refractivity contribution in [2.24, 2.45) is 0 Å². The lowest BCUT2D eigenvalue weighted by molar-refractivity contribution is -0.307. The van der Waals surface area contributed by atoms with E-state index in [4.69, 9.17) is 0 Å². The smallest absolute Gasteiger partial charge is 0.146 e. The molecule has 0 saturated heterocycles. The van der Waals surface area contributed by atoms with Gasteiger partial charge in [-0.15, -0.1) is 0 Å². The minimum absolute atomic E-state index is 0.136. The van der Waals surface area contributed by atoms with Gasteiger partial charge in [0.25, 0.3) is 0 Å². The van der Waals surface area contributed by atoms with Gasteiger partial charge in [0, 0.05) is 0 Å². The maximum absolute atomic E-state index is 13.5. The number of aryl methyl sites for hydroxylation is 1. The van der Waals surface area contributed by atoms with E-state index in [1.54, 1.807) is 36.4 Å². The van der Waals surface area contributed by atoms with Crippen molar-refractivity contribution in [3.05, 3.63) is 65.5 Å². The first kappa shape index (κ1) is 13.1. The highest BCUT2D eigenvalue weighted by Gasteiger charge is 2.14. The number of carboxylic acids is 1. The Morgan fingerprint density at radius 1 is 1.16 bits per heavy atom. The van der Waals surface area contributed by atoms with Gasteiger partial charge in [-0.3, -0.25) is 0 Å². The topological polar surface area (TPSA) is 52.2 Å². The molecule has 0 aliphatic carbocycles. The molecular weight excluding hydrogens is 245 g/mol. The molecule has 3 nitrogen and oxygen atoms in total. The lowest BCUT2D eigenvalue weighted by Gasteiger charge is -2.21. The fraction of sp³-hybridized carbons (Fsp3) is 0.133. The second-order valence-electron chi connectivity index (χ2n) is 4.29. The van der Waals surface area contributed by atoms with Crippen LogP contribution in [0.1, 0.15) is 17.2 Å². The zero-order chi connectivity index (χ0) is 13.8. The molecule has 2 rings (SSSR count). The molecule has 0 radical (unpaired) electrons. The maximum Gasteiger partial charge on any atom is 0.146 e. The number of aliphatic carboxylic acids is 1. The molecule has 0 bridgehead atoms. The second kappa shape index (κ2) is 5.52. The second-order valence-corrected chi connectivity index (χ2v) is 4.29. The molecule has 0 aliphatic heterocycles. The number of para-hydroxylation sites is 1. The van der Waals surface area contributed by atoms with E-state index in [0.29, 0.717) is 5.56 Å². The molecule has 1 N–H and O–H groups in total. The van der Waals surface area contributed by atoms with Gasteiger partial charge in [-0.05, 0) is 24.6 Å². The van der Waals surface area contributed by atoms with Crippen molar-refractivity contribution in [3.63, 3.8) is 0 Å². The third-order valence-corrected chi connectivity index (χ3v) is 2.82. The van der Waals surface area contributed by atoms with Crippen LogP contribution in [0.4, 0.5) is 10.1 Å². The molecule has 19 heavy (non-hydrogen) atoms. The largest absolute Gasteiger partial charge is 0.548 e. The highest BCUT2D eigenvalue weighted by Crippen LogP contribution is 2.21. The van der Waals surface area contributed by atoms with Gasteiger partial charge >= 0.3 is 0 Å². The third-order valence-electron chi connectivity index (χ3n) is 2.82. The quantitative estimate of drug-likeness (QED) is 0.913. The average molecular weight is 258 g/mol. The summed E-state index contributed by atoms with van der Waals surface area (Å²) in [5.41, 5.74) is 1.68. The molecule has 0 spiro atoms. The van der Waals surface area contributed by atoms with Crippen LogP contribution in [0, 0.1) is 12.7 Å². The summed E-state index contributed by atoms with van der Waals surface area (Å²) >= 11 is 0. The highest BCUT2D eigenvalue weighted by molar-refractivity contribution is 5.77. The van der Waals surface area contributed by atoms with E-state index in [1.807, 2.05) is 6.92 Å². The summed E-state index contributed by atoms with van der Waals surface area (Å²) in [6, 6.07) is 11.8. The van der Waals surface area contributed by atoms with E-state index >= 15 is 0 Å². The van der Waals surface area contributed by atoms with E-state index in [9.17, 15) is 14.3 Å². The van der Waals surface area contributed by atoms with Crippen LogP contribution in [0.3, 0.4) is 0 Å². The number of nitrogens with one attached hydrogen (secondary N) is 1. The Hall–Kier alpha value is -2.36. The van der Waals surface area contributed by atoms with Crippen LogP contribution in [0.15, 0.2) is 48.5 Å². The van der Waals surface area contributed by atoms with Crippen molar-refractivity contribution < 1.29 is 14.3 Å². The number of carboxylic acid groups (broad SMARTS) is 1. The molecule has 98 valence electrons. The van der Waals surface area contributed by atoms with Gasteiger partial charge in [0.2, 0.25) is 0 Å². The first-order valence-electron chi connectivity index (χ1n) is 5.86. The average Bonchev–Trinajstić information content (AvgIpc) is 2.39. The Morgan fingerprint density at radius 3 is 2.37 bits per heavy atom. The lowest BCUT2D eigenvalue weighted by Crippen LogP contribution is -2.34. The van der Waals surface area contributed by atoms with Gasteiger partial charge < -0.3 is 15.2 Å². The Balaban J connectivity index is 2.29. The number of halogens is 1. The number of rotatable bonds is 4. The summed E-state index contributed by atoms with van der Waals surface area (Å²) in [5.74, 6) is -1.80. The molecular formula is C15H13FNO2-. The molecule has 0 unspecified atom stereocenters. The third kappa shape index (κ3) is 3.10. The van der Waals surface area contributed by atoms with Gasteiger partial charge in [0.1, 0.15) is 5.82 Å². The van der Waals surface area contributed by atoms with Crippen LogP contribution in [-0.2, 0) is 4.79 Å². The summed E-state index contributed by atoms with van der Waals surface area (Å²) in [7, 11) is 0. The molecule has 0 aromatic heterocycles. The Bertz CT molecular complexity index is 581. The van der Waals surface area contributed by atoms with E-state index in [1.165, 1.54) is 12.1 Å². The highest BCUT2D eigenvalue weighted by atomic mass is 19.1. The Morgan fingerprint density at radius 2 is 1.79 bits per heavy atom. The number of benzene rings is 2. The standard InChI is InChI=1S/C15H14FNO2/c1-10-6-8-11(9-7-10)14(15(18)19)17-13-5-3-2-4-12(13)16/h2-9,14,17H,1H3,(H,18,19)/p-1/t14-/m1/s1. The van der Waals surface area contributed by atoms with Crippen LogP contribution in [0.2, 0.25) is 0 Å². The fourth-order valence-corrected chi connectivity index (χ4v) is 1.77. The van der Waals surface area contributed by atoms with E-state index in [-0.39, 0.29) is 5.69 Å². The molecule has 1 atom stereocenters. The van der Waals surface area contributed by atoms with Gasteiger partial charge in [0.15, 0.2) is 0 Å². The van der Waals surface area contributed by atoms with Gasteiger partial charge in [0.05, 0.1) is 17.7 Å². The molecule has 0 saturated carbocycles. The van der Waals surface area contributed by atoms with Crippen LogP contribution in [0.5, 0.6) is 0 Å². The summed E-state index contributed by atoms with van der Waals surface area (Å²) in [6.07, 6.45) is 0. The van der Waals surface area contributed by atoms with Gasteiger partial charge in [-0.1, -0.05) is 42.0 Å². The maximum atomic E-state index is 13.5. The predicted octanol–water partition coefficient (Wildman–Crippen LogP) is 2.04. The Labute approximate surface area is 110 Å². The lowest BCUT2D eigenvalue weighted by atomic mass is 10.0. The van der Waals surface area contributed by atoms with Crippen molar-refractivity contribution in [1.82, 2.24) is 0 Å². The molecule has 4 heteroatoms. The number of carbonyl (C=O) groups excluding carboxylic acids is 1. The van der Waals surface area contributed by atoms with Gasteiger partial charge in [-0.2, -0.15) is 0 Å². The van der Waals surface area contributed by atoms with E-state index in [2.05, 4.69) is 5.32 Å². The van der Waals surface area contributed by atoms with Crippen molar-refractivity contribution in [3.8, 4) is 0 Å². The normalized spacial score (nSPS) is 11.9. The predicted molar refractivity (Wildman–Crippen MR) is 68.9 cm³/mol. The molecule has 0 amide bonds. The molecule has 0 aliphatic rings. The summed E-state index contributed by atoms with van der Waals surface area (Å²) in [5, 5.41) is 13.8. The van der Waals surface area contributed by atoms with Gasteiger partial charge in [-0.25, -0.2) is 4.39 Å². The van der Waals surface area contributed by atoms with Crippen LogP contribution in [-0.4, -0.2) is 5.97 Å². The van der Waals surface area contributed by atoms with Crippen molar-refractivity contribution in [1.29, 1.82) is 0 Å². The SMILES string of the molecule is Cc1ccc([C@@H](Nc2ccccc2F)C(=O)[O-])cc1. The number of hydrogen-bond donors (Lipinski definition) is 1. The van der Waals surface area contributed by atoms with Crippen LogP contribution < -0.4 is 10.4 Å². The van der Waals surface area contributed by atoms with E-state index in [0.717, 1.165) is 5.56 Å². The molecule has 2 aromatic rings. The van der Waals surface area contributed by atoms with Crippen molar-refractivity contribution in [2.45, 2.75) is 13.0 Å². The number of anilines is 1. The summed E-state index contributed by atoms with van der Waals surface area (Å²) in [6.45, 7) is 1.90. The molecule has 2 aromatic carbocycles. The summed E-state index contributed by atoms with van der Waals surface area (Å²) < 4.78 is 13.5. The van der Waals surface area contributed by atoms with Crippen LogP contribution >= 0.6 is 0 Å². The summed E-state index contributed by atoms with van der Waals surface area (Å²) in [4.78, 5) is 11.2. The minimum Gasteiger partial charge on any atom is -0.548 e. The first-order chi connectivity index (χ1) is 9.08. The Kier molecular flexibility index (Phi) is 3.80. The van der Waals surface area contributed by atoms with Crippen molar-refractivity contribution in [2.75, 3.05) is 5.32 Å².